The maximum Gasteiger partial charge on any atom is 0.346 e. The van der Waals surface area contributed by atoms with E-state index in [2.05, 4.69) is 10.6 Å². The Balaban J connectivity index is 0.000000148. The summed E-state index contributed by atoms with van der Waals surface area (Å²) in [6.07, 6.45) is 1.78. The fourth-order valence-corrected chi connectivity index (χ4v) is 6.11. The number of piperidine rings is 2. The number of non-ortho nitro benzene ring substituents is 1. The molecule has 4 atom stereocenters. The summed E-state index contributed by atoms with van der Waals surface area (Å²) in [6, 6.07) is 5.37. The Morgan fingerprint density at radius 2 is 1.00 bits per heavy atom. The van der Waals surface area contributed by atoms with E-state index >= 15 is 0 Å². The molecule has 2 aromatic carbocycles. The predicted octanol–water partition coefficient (Wildman–Crippen LogP) is 3.35. The minimum atomic E-state index is -0.672. The number of nitro groups is 4. The van der Waals surface area contributed by atoms with Crippen molar-refractivity contribution in [3.63, 3.8) is 0 Å². The molecule has 36 heavy (non-hydrogen) atoms. The second-order valence-electron chi connectivity index (χ2n) is 9.54. The van der Waals surface area contributed by atoms with Gasteiger partial charge in [-0.15, -0.1) is 0 Å². The number of benzene rings is 2. The van der Waals surface area contributed by atoms with Crippen molar-refractivity contribution in [1.29, 1.82) is 0 Å². The maximum absolute atomic E-state index is 11.1. The molecule has 0 unspecified atom stereocenters. The van der Waals surface area contributed by atoms with Gasteiger partial charge in [0.05, 0.1) is 25.8 Å². The molecule has 0 spiro atoms. The van der Waals surface area contributed by atoms with E-state index in [0.29, 0.717) is 12.1 Å². The van der Waals surface area contributed by atoms with Gasteiger partial charge >= 0.3 is 11.4 Å². The van der Waals surface area contributed by atoms with Crippen molar-refractivity contribution >= 4 is 22.7 Å². The highest BCUT2D eigenvalue weighted by Crippen LogP contribution is 2.49. The van der Waals surface area contributed by atoms with Gasteiger partial charge in [0.2, 0.25) is 0 Å². The number of fused-ring (bicyclic) bond motifs is 10. The summed E-state index contributed by atoms with van der Waals surface area (Å²) in [5.74, 6) is 0.772. The number of nitrogens with one attached hydrogen (secondary N) is 2. The fraction of sp³-hybridized carbons (Fsp3) is 0.455. The molecule has 2 aliphatic carbocycles. The van der Waals surface area contributed by atoms with Crippen LogP contribution in [0, 0.1) is 40.5 Å². The number of hydrogen-bond donors (Lipinski definition) is 2. The maximum atomic E-state index is 11.1. The minimum Gasteiger partial charge on any atom is -0.316 e. The van der Waals surface area contributed by atoms with Crippen LogP contribution in [0.5, 0.6) is 0 Å². The molecule has 6 rings (SSSR count). The van der Waals surface area contributed by atoms with Crippen LogP contribution in [0.2, 0.25) is 0 Å². The molecular formula is C22H22N6O8. The molecule has 14 nitrogen and oxygen atoms in total. The Morgan fingerprint density at radius 3 is 1.47 bits per heavy atom. The summed E-state index contributed by atoms with van der Waals surface area (Å²) in [5, 5.41) is 50.2. The highest BCUT2D eigenvalue weighted by atomic mass is 16.6. The minimum absolute atomic E-state index is 0.101. The van der Waals surface area contributed by atoms with Crippen LogP contribution in [0.4, 0.5) is 22.7 Å². The van der Waals surface area contributed by atoms with Crippen LogP contribution in [0.1, 0.15) is 58.8 Å². The van der Waals surface area contributed by atoms with Crippen molar-refractivity contribution < 1.29 is 19.7 Å². The summed E-state index contributed by atoms with van der Waals surface area (Å²) < 4.78 is 0. The standard InChI is InChI=1S/2C11H11N3O4/c15-13(16)10-2-8-6-1-7(5-12-4-6)9(8)3-11(10)14(17)18;15-13(16)8-2-9-6-1-7(5-12-4-6)11(9)10(3-8)14(17)18/h2*2-3,6-7,12H,1,4-5H2/t2*6-,7+/m.0/s1. The van der Waals surface area contributed by atoms with Gasteiger partial charge in [0, 0.05) is 55.9 Å². The van der Waals surface area contributed by atoms with Crippen LogP contribution in [-0.4, -0.2) is 45.9 Å². The quantitative estimate of drug-likeness (QED) is 0.465. The summed E-state index contributed by atoms with van der Waals surface area (Å²) in [6.45, 7) is 3.03. The third-order valence-electron chi connectivity index (χ3n) is 7.58. The molecule has 2 heterocycles. The SMILES string of the molecule is O=[N+]([O-])c1cc2c(c([N+](=O)[O-])c1)[C@H]1CNC[C@@H]2C1.O=[N+]([O-])c1cc2c(cc1[N+](=O)[O-])[C@H]1CNC[C@@H]2C1. The van der Waals surface area contributed by atoms with Crippen LogP contribution in [0.15, 0.2) is 24.3 Å². The lowest BCUT2D eigenvalue weighted by molar-refractivity contribution is -0.422. The molecular weight excluding hydrogens is 476 g/mol. The van der Waals surface area contributed by atoms with Gasteiger partial charge in [-0.1, -0.05) is 0 Å². The molecule has 2 aromatic rings. The van der Waals surface area contributed by atoms with Gasteiger partial charge in [0.15, 0.2) is 0 Å². The number of nitro benzene ring substituents is 4. The first kappa shape index (κ1) is 23.7. The first-order valence-corrected chi connectivity index (χ1v) is 11.5. The third kappa shape index (κ3) is 3.93. The van der Waals surface area contributed by atoms with Crippen molar-refractivity contribution in [2.75, 3.05) is 26.2 Å². The molecule has 2 saturated heterocycles. The number of nitrogens with zero attached hydrogens (tertiary/aromatic N) is 4. The average molecular weight is 498 g/mol. The Bertz CT molecular complexity index is 1270. The highest BCUT2D eigenvalue weighted by molar-refractivity contribution is 5.61. The second-order valence-corrected chi connectivity index (χ2v) is 9.54. The van der Waals surface area contributed by atoms with Crippen molar-refractivity contribution in [1.82, 2.24) is 10.6 Å². The van der Waals surface area contributed by atoms with Gasteiger partial charge in [0.25, 0.3) is 11.4 Å². The van der Waals surface area contributed by atoms with Gasteiger partial charge < -0.3 is 10.6 Å². The molecule has 4 aliphatic rings. The van der Waals surface area contributed by atoms with E-state index in [1.807, 2.05) is 0 Å². The molecule has 0 radical (unpaired) electrons. The van der Waals surface area contributed by atoms with Crippen LogP contribution >= 0.6 is 0 Å². The van der Waals surface area contributed by atoms with Crippen molar-refractivity contribution in [3.05, 3.63) is 87.0 Å². The van der Waals surface area contributed by atoms with Crippen molar-refractivity contribution in [2.24, 2.45) is 0 Å². The van der Waals surface area contributed by atoms with Crippen molar-refractivity contribution in [3.8, 4) is 0 Å². The molecule has 2 fully saturated rings. The lowest BCUT2D eigenvalue weighted by atomic mass is 9.97. The molecule has 0 saturated carbocycles. The van der Waals surface area contributed by atoms with Crippen LogP contribution < -0.4 is 10.6 Å². The van der Waals surface area contributed by atoms with E-state index in [1.54, 1.807) is 0 Å². The Kier molecular flexibility index (Phi) is 5.84. The Labute approximate surface area is 203 Å². The first-order chi connectivity index (χ1) is 17.2. The van der Waals surface area contributed by atoms with E-state index in [-0.39, 0.29) is 35.0 Å². The predicted molar refractivity (Wildman–Crippen MR) is 125 cm³/mol. The normalized spacial score (nSPS) is 24.7. The lowest BCUT2D eigenvalue weighted by Crippen LogP contribution is -2.28. The zero-order valence-corrected chi connectivity index (χ0v) is 18.9. The molecule has 0 amide bonds. The third-order valence-corrected chi connectivity index (χ3v) is 7.58. The van der Waals surface area contributed by atoms with Gasteiger partial charge in [0.1, 0.15) is 0 Å². The Morgan fingerprint density at radius 1 is 0.556 bits per heavy atom. The lowest BCUT2D eigenvalue weighted by Gasteiger charge is -2.19. The zero-order valence-electron chi connectivity index (χ0n) is 18.9. The monoisotopic (exact) mass is 498 g/mol. The van der Waals surface area contributed by atoms with Gasteiger partial charge in [-0.25, -0.2) is 0 Å². The van der Waals surface area contributed by atoms with E-state index in [0.717, 1.165) is 55.2 Å². The number of hydrogen-bond acceptors (Lipinski definition) is 10. The molecule has 0 aromatic heterocycles. The summed E-state index contributed by atoms with van der Waals surface area (Å²) in [7, 11) is 0. The van der Waals surface area contributed by atoms with Crippen LogP contribution in [-0.2, 0) is 0 Å². The van der Waals surface area contributed by atoms with E-state index in [4.69, 9.17) is 0 Å². The number of rotatable bonds is 4. The topological polar surface area (TPSA) is 197 Å². The van der Waals surface area contributed by atoms with Crippen molar-refractivity contribution in [2.45, 2.75) is 36.5 Å². The van der Waals surface area contributed by atoms with E-state index in [9.17, 15) is 40.5 Å². The van der Waals surface area contributed by atoms with E-state index in [1.165, 1.54) is 18.2 Å². The molecule has 2 aliphatic heterocycles. The summed E-state index contributed by atoms with van der Waals surface area (Å²) in [5.41, 5.74) is 2.21. The Hall–Kier alpha value is -4.04. The zero-order chi connectivity index (χ0) is 25.7. The molecule has 2 N–H and O–H groups in total. The largest absolute Gasteiger partial charge is 0.346 e. The smallest absolute Gasteiger partial charge is 0.316 e. The van der Waals surface area contributed by atoms with Crippen LogP contribution in [0.25, 0.3) is 0 Å². The first-order valence-electron chi connectivity index (χ1n) is 11.5. The molecule has 4 bridgehead atoms. The highest BCUT2D eigenvalue weighted by Gasteiger charge is 2.41. The van der Waals surface area contributed by atoms with Gasteiger partial charge in [-0.05, 0) is 47.3 Å². The van der Waals surface area contributed by atoms with Gasteiger partial charge in [-0.2, -0.15) is 0 Å². The van der Waals surface area contributed by atoms with Gasteiger partial charge in [-0.3, -0.25) is 40.5 Å². The second kappa shape index (κ2) is 8.87. The van der Waals surface area contributed by atoms with E-state index < -0.39 is 31.1 Å². The average Bonchev–Trinajstić information content (AvgIpc) is 3.25. The summed E-state index contributed by atoms with van der Waals surface area (Å²) >= 11 is 0. The molecule has 188 valence electrons. The van der Waals surface area contributed by atoms with Crippen LogP contribution in [0.3, 0.4) is 0 Å². The molecule has 14 heteroatoms. The fourth-order valence-electron chi connectivity index (χ4n) is 6.11. The summed E-state index contributed by atoms with van der Waals surface area (Å²) in [4.78, 5) is 41.3.